The minimum Gasteiger partial charge on any atom is -0.481 e. The number of carboxylic acid groups (broad SMARTS) is 1. The molecule has 202 valence electrons. The van der Waals surface area contributed by atoms with Gasteiger partial charge in [0.1, 0.15) is 5.82 Å². The number of carboxylic acids is 1. The molecule has 2 aromatic carbocycles. The third kappa shape index (κ3) is 5.25. The number of aliphatic carboxylic acids is 1. The largest absolute Gasteiger partial charge is 0.481 e. The molecule has 9 heteroatoms. The number of hydrogen-bond acceptors (Lipinski definition) is 4. The van der Waals surface area contributed by atoms with Crippen LogP contribution in [0.3, 0.4) is 0 Å². The fraction of sp³-hybridized carbons (Fsp3) is 0.483. The van der Waals surface area contributed by atoms with E-state index in [0.29, 0.717) is 18.7 Å². The van der Waals surface area contributed by atoms with Crippen molar-refractivity contribution in [2.24, 2.45) is 5.41 Å². The highest BCUT2D eigenvalue weighted by Gasteiger charge is 2.51. The summed E-state index contributed by atoms with van der Waals surface area (Å²) in [5.41, 5.74) is -0.0693. The van der Waals surface area contributed by atoms with Crippen LogP contribution in [0.2, 0.25) is 0 Å². The minimum absolute atomic E-state index is 0.0435. The van der Waals surface area contributed by atoms with Gasteiger partial charge in [0.05, 0.1) is 11.0 Å². The Morgan fingerprint density at radius 3 is 2.26 bits per heavy atom. The number of rotatable bonds is 6. The Morgan fingerprint density at radius 2 is 1.66 bits per heavy atom. The van der Waals surface area contributed by atoms with Crippen molar-refractivity contribution in [3.63, 3.8) is 0 Å². The molecular formula is C29H34FN3O5. The van der Waals surface area contributed by atoms with Crippen LogP contribution >= 0.6 is 0 Å². The Balaban J connectivity index is 1.30. The fourth-order valence-corrected chi connectivity index (χ4v) is 5.81. The zero-order chi connectivity index (χ0) is 26.9. The summed E-state index contributed by atoms with van der Waals surface area (Å²) in [5, 5.41) is 10.3. The van der Waals surface area contributed by atoms with Crippen molar-refractivity contribution in [1.29, 1.82) is 0 Å². The van der Waals surface area contributed by atoms with E-state index in [-0.39, 0.29) is 61.8 Å². The normalized spacial score (nSPS) is 21.5. The summed E-state index contributed by atoms with van der Waals surface area (Å²) in [4.78, 5) is 44.4. The second-order valence-electron chi connectivity index (χ2n) is 10.8. The van der Waals surface area contributed by atoms with Crippen molar-refractivity contribution in [1.82, 2.24) is 4.90 Å². The van der Waals surface area contributed by atoms with Crippen molar-refractivity contribution in [2.75, 3.05) is 36.5 Å². The van der Waals surface area contributed by atoms with E-state index in [0.717, 1.165) is 24.9 Å². The Bertz CT molecular complexity index is 1180. The molecule has 2 aromatic rings. The van der Waals surface area contributed by atoms with Gasteiger partial charge in [-0.1, -0.05) is 18.2 Å². The highest BCUT2D eigenvalue weighted by Crippen LogP contribution is 2.48. The molecule has 3 fully saturated rings. The topological polar surface area (TPSA) is 90.4 Å². The van der Waals surface area contributed by atoms with Crippen LogP contribution in [0.4, 0.5) is 20.6 Å². The third-order valence-electron chi connectivity index (χ3n) is 8.38. The number of carbonyl (C=O) groups excluding carboxylic acids is 2. The maximum Gasteiger partial charge on any atom is 0.324 e. The average molecular weight is 524 g/mol. The van der Waals surface area contributed by atoms with Gasteiger partial charge in [-0.2, -0.15) is 0 Å². The number of amides is 3. The number of urea groups is 1. The first-order valence-electron chi connectivity index (χ1n) is 13.2. The summed E-state index contributed by atoms with van der Waals surface area (Å²) in [6.07, 6.45) is 3.68. The predicted molar refractivity (Wildman–Crippen MR) is 141 cm³/mol. The second kappa shape index (κ2) is 10.4. The summed E-state index contributed by atoms with van der Waals surface area (Å²) in [6.45, 7) is 1.02. The molecule has 0 aromatic heterocycles. The van der Waals surface area contributed by atoms with Gasteiger partial charge in [0.15, 0.2) is 0 Å². The number of halogens is 1. The summed E-state index contributed by atoms with van der Waals surface area (Å²) in [6, 6.07) is 14.8. The monoisotopic (exact) mass is 523 g/mol. The zero-order valence-corrected chi connectivity index (χ0v) is 21.6. The molecule has 0 unspecified atom stereocenters. The van der Waals surface area contributed by atoms with Gasteiger partial charge in [0.25, 0.3) is 0 Å². The zero-order valence-electron chi connectivity index (χ0n) is 21.6. The van der Waals surface area contributed by atoms with E-state index in [1.165, 1.54) is 29.2 Å². The van der Waals surface area contributed by atoms with E-state index in [1.54, 1.807) is 16.8 Å². The molecule has 1 atom stereocenters. The molecule has 38 heavy (non-hydrogen) atoms. The molecule has 1 N–H and O–H groups in total. The lowest BCUT2D eigenvalue weighted by Crippen LogP contribution is -2.53. The number of benzene rings is 2. The smallest absolute Gasteiger partial charge is 0.324 e. The number of likely N-dealkylation sites (tertiary alicyclic amines) is 1. The van der Waals surface area contributed by atoms with Gasteiger partial charge in [0, 0.05) is 50.6 Å². The molecule has 2 heterocycles. The fourth-order valence-electron chi connectivity index (χ4n) is 5.81. The standard InChI is InChI=1S/C29H34FN3O5/c1-31(22-9-7-21(30)8-10-22)27(37)32-16-14-28(15-17-32,26(35)36)20-25(34)33(23-5-3-2-4-6-23)24-11-18-38-29(19-24)12-13-29/h2-10,24H,11-20H2,1H3,(H,35,36)/t24-/m1/s1. The maximum absolute atomic E-state index is 13.9. The van der Waals surface area contributed by atoms with E-state index < -0.39 is 11.4 Å². The molecule has 1 saturated carbocycles. The van der Waals surface area contributed by atoms with Crippen LogP contribution in [0, 0.1) is 11.2 Å². The maximum atomic E-state index is 13.9. The van der Waals surface area contributed by atoms with Crippen molar-refractivity contribution < 1.29 is 28.6 Å². The molecule has 2 saturated heterocycles. The quantitative estimate of drug-likeness (QED) is 0.594. The molecule has 8 nitrogen and oxygen atoms in total. The van der Waals surface area contributed by atoms with Gasteiger partial charge in [0.2, 0.25) is 5.91 Å². The number of para-hydroxylation sites is 1. The van der Waals surface area contributed by atoms with Crippen molar-refractivity contribution in [3.05, 3.63) is 60.4 Å². The van der Waals surface area contributed by atoms with E-state index >= 15 is 0 Å². The Kier molecular flexibility index (Phi) is 7.13. The van der Waals surface area contributed by atoms with Crippen LogP contribution < -0.4 is 9.80 Å². The summed E-state index contributed by atoms with van der Waals surface area (Å²) in [7, 11) is 1.61. The Morgan fingerprint density at radius 1 is 1.00 bits per heavy atom. The molecule has 5 rings (SSSR count). The first-order valence-corrected chi connectivity index (χ1v) is 13.2. The first kappa shape index (κ1) is 26.2. The van der Waals surface area contributed by atoms with Crippen molar-refractivity contribution in [2.45, 2.75) is 56.6 Å². The van der Waals surface area contributed by atoms with E-state index in [2.05, 4.69) is 0 Å². The number of carbonyl (C=O) groups is 3. The minimum atomic E-state index is -1.25. The van der Waals surface area contributed by atoms with Crippen molar-refractivity contribution >= 4 is 29.3 Å². The van der Waals surface area contributed by atoms with Gasteiger partial charge in [-0.15, -0.1) is 0 Å². The SMILES string of the molecule is CN(C(=O)N1CCC(CC(=O)N(c2ccccc2)[C@@H]2CCOC3(CC3)C2)(C(=O)O)CC1)c1ccc(F)cc1. The summed E-state index contributed by atoms with van der Waals surface area (Å²) < 4.78 is 19.3. The summed E-state index contributed by atoms with van der Waals surface area (Å²) in [5.74, 6) is -1.60. The molecule has 1 spiro atoms. The van der Waals surface area contributed by atoms with E-state index in [9.17, 15) is 23.9 Å². The van der Waals surface area contributed by atoms with Crippen LogP contribution in [0.5, 0.6) is 0 Å². The number of anilines is 2. The van der Waals surface area contributed by atoms with Gasteiger partial charge >= 0.3 is 12.0 Å². The molecular weight excluding hydrogens is 489 g/mol. The Hall–Kier alpha value is -3.46. The van der Waals surface area contributed by atoms with Crippen LogP contribution in [0.1, 0.15) is 44.9 Å². The lowest BCUT2D eigenvalue weighted by atomic mass is 9.75. The number of nitrogens with zero attached hydrogens (tertiary/aromatic N) is 3. The molecule has 3 amide bonds. The van der Waals surface area contributed by atoms with Crippen LogP contribution in [-0.2, 0) is 14.3 Å². The predicted octanol–water partition coefficient (Wildman–Crippen LogP) is 4.68. The lowest BCUT2D eigenvalue weighted by Gasteiger charge is -2.42. The highest BCUT2D eigenvalue weighted by molar-refractivity contribution is 5.97. The highest BCUT2D eigenvalue weighted by atomic mass is 19.1. The molecule has 0 bridgehead atoms. The first-order chi connectivity index (χ1) is 18.2. The number of piperidine rings is 1. The molecule has 2 aliphatic heterocycles. The van der Waals surface area contributed by atoms with Gasteiger partial charge in [-0.05, 0) is 74.9 Å². The third-order valence-corrected chi connectivity index (χ3v) is 8.38. The number of hydrogen-bond donors (Lipinski definition) is 1. The summed E-state index contributed by atoms with van der Waals surface area (Å²) >= 11 is 0. The second-order valence-corrected chi connectivity index (χ2v) is 10.8. The van der Waals surface area contributed by atoms with Crippen LogP contribution in [-0.4, -0.2) is 66.3 Å². The lowest BCUT2D eigenvalue weighted by molar-refractivity contribution is -0.154. The van der Waals surface area contributed by atoms with Gasteiger partial charge in [-0.25, -0.2) is 9.18 Å². The van der Waals surface area contributed by atoms with E-state index in [1.807, 2.05) is 30.3 Å². The number of ether oxygens (including phenoxy) is 1. The molecule has 1 aliphatic carbocycles. The van der Waals surface area contributed by atoms with Gasteiger partial charge < -0.3 is 19.6 Å². The average Bonchev–Trinajstić information content (AvgIpc) is 3.67. The Labute approximate surface area is 222 Å². The van der Waals surface area contributed by atoms with Crippen molar-refractivity contribution in [3.8, 4) is 0 Å². The van der Waals surface area contributed by atoms with Crippen LogP contribution in [0.15, 0.2) is 54.6 Å². The molecule has 0 radical (unpaired) electrons. The van der Waals surface area contributed by atoms with Crippen LogP contribution in [0.25, 0.3) is 0 Å². The molecule has 3 aliphatic rings. The van der Waals surface area contributed by atoms with Gasteiger partial charge in [-0.3, -0.25) is 14.5 Å². The van der Waals surface area contributed by atoms with E-state index in [4.69, 9.17) is 4.74 Å².